The molecule has 2 saturated heterocycles. The number of hydrogen-bond acceptors (Lipinski definition) is 6. The molecule has 0 aromatic heterocycles. The minimum absolute atomic E-state index is 0.0939. The van der Waals surface area contributed by atoms with Gasteiger partial charge < -0.3 is 28.5 Å². The minimum Gasteiger partial charge on any atom is -0.414 e. The lowest BCUT2D eigenvalue weighted by Crippen LogP contribution is -2.48. The molecular weight excluding hydrogens is 316 g/mol. The minimum atomic E-state index is -1.92. The predicted molar refractivity (Wildman–Crippen MR) is 88.7 cm³/mol. The number of methoxy groups -OCH3 is 1. The Morgan fingerprint density at radius 3 is 2.35 bits per heavy atom. The molecule has 2 fully saturated rings. The van der Waals surface area contributed by atoms with Crippen LogP contribution in [0.15, 0.2) is 0 Å². The fraction of sp³-hybridized carbons (Fsp3) is 1.00. The van der Waals surface area contributed by atoms with Gasteiger partial charge in [0.05, 0.1) is 6.61 Å². The molecule has 23 heavy (non-hydrogen) atoms. The molecule has 2 heterocycles. The zero-order valence-electron chi connectivity index (χ0n) is 15.6. The molecule has 2 rings (SSSR count). The maximum Gasteiger partial charge on any atom is 0.192 e. The van der Waals surface area contributed by atoms with Gasteiger partial charge in [-0.05, 0) is 32.0 Å². The third-order valence-electron chi connectivity index (χ3n) is 5.10. The fourth-order valence-corrected chi connectivity index (χ4v) is 3.71. The first kappa shape index (κ1) is 19.3. The first-order valence-electron chi connectivity index (χ1n) is 8.24. The lowest BCUT2D eigenvalue weighted by atomic mass is 10.1. The molecule has 0 aliphatic carbocycles. The maximum absolute atomic E-state index is 10.5. The van der Waals surface area contributed by atoms with E-state index in [1.807, 2.05) is 13.8 Å². The number of rotatable bonds is 5. The van der Waals surface area contributed by atoms with Crippen LogP contribution in [0.4, 0.5) is 0 Å². The summed E-state index contributed by atoms with van der Waals surface area (Å²) >= 11 is 0. The molecule has 2 aliphatic heterocycles. The molecular formula is C16H32O6Si. The molecule has 1 N–H and O–H groups in total. The van der Waals surface area contributed by atoms with E-state index in [1.54, 1.807) is 7.11 Å². The summed E-state index contributed by atoms with van der Waals surface area (Å²) in [6.45, 7) is 14.7. The molecule has 0 saturated carbocycles. The molecule has 0 spiro atoms. The zero-order chi connectivity index (χ0) is 17.6. The van der Waals surface area contributed by atoms with Crippen molar-refractivity contribution in [3.05, 3.63) is 0 Å². The Bertz CT molecular complexity index is 419. The van der Waals surface area contributed by atoms with Crippen LogP contribution in [0.1, 0.15) is 34.6 Å². The van der Waals surface area contributed by atoms with Crippen molar-refractivity contribution < 1.29 is 28.5 Å². The van der Waals surface area contributed by atoms with Gasteiger partial charge in [0, 0.05) is 7.11 Å². The summed E-state index contributed by atoms with van der Waals surface area (Å²) in [6, 6.07) is 0. The van der Waals surface area contributed by atoms with Crippen molar-refractivity contribution in [1.82, 2.24) is 0 Å². The lowest BCUT2D eigenvalue weighted by Gasteiger charge is -2.37. The average Bonchev–Trinajstić information content (AvgIpc) is 2.85. The molecule has 6 nitrogen and oxygen atoms in total. The van der Waals surface area contributed by atoms with E-state index in [4.69, 9.17) is 23.4 Å². The molecule has 136 valence electrons. The number of aliphatic hydroxyl groups is 1. The normalized spacial score (nSPS) is 35.3. The largest absolute Gasteiger partial charge is 0.414 e. The summed E-state index contributed by atoms with van der Waals surface area (Å²) in [6.07, 6.45) is -2.52. The molecule has 5 atom stereocenters. The molecule has 0 bridgehead atoms. The van der Waals surface area contributed by atoms with Gasteiger partial charge in [-0.25, -0.2) is 0 Å². The smallest absolute Gasteiger partial charge is 0.192 e. The summed E-state index contributed by atoms with van der Waals surface area (Å²) in [5.74, 6) is -0.695. The number of ether oxygens (including phenoxy) is 4. The zero-order valence-corrected chi connectivity index (χ0v) is 16.6. The van der Waals surface area contributed by atoms with E-state index in [1.165, 1.54) is 0 Å². The van der Waals surface area contributed by atoms with E-state index < -0.39 is 32.6 Å². The van der Waals surface area contributed by atoms with Crippen molar-refractivity contribution in [3.63, 3.8) is 0 Å². The Hall–Kier alpha value is -0.0231. The van der Waals surface area contributed by atoms with Crippen molar-refractivity contribution in [2.24, 2.45) is 0 Å². The van der Waals surface area contributed by atoms with Crippen LogP contribution < -0.4 is 0 Å². The van der Waals surface area contributed by atoms with Gasteiger partial charge in [0.2, 0.25) is 0 Å². The predicted octanol–water partition coefficient (Wildman–Crippen LogP) is 2.26. The molecule has 2 aliphatic rings. The van der Waals surface area contributed by atoms with E-state index in [0.717, 1.165) is 0 Å². The van der Waals surface area contributed by atoms with Gasteiger partial charge in [-0.15, -0.1) is 0 Å². The first-order chi connectivity index (χ1) is 10.4. The van der Waals surface area contributed by atoms with Gasteiger partial charge in [-0.2, -0.15) is 0 Å². The molecule has 0 amide bonds. The summed E-state index contributed by atoms with van der Waals surface area (Å²) in [5.41, 5.74) is 0. The van der Waals surface area contributed by atoms with Crippen LogP contribution in [0.3, 0.4) is 0 Å². The van der Waals surface area contributed by atoms with E-state index >= 15 is 0 Å². The molecule has 0 aromatic carbocycles. The topological polar surface area (TPSA) is 66.4 Å². The maximum atomic E-state index is 10.5. The molecule has 7 heteroatoms. The van der Waals surface area contributed by atoms with Crippen LogP contribution in [0.2, 0.25) is 18.1 Å². The second-order valence-electron chi connectivity index (χ2n) is 8.41. The second kappa shape index (κ2) is 6.37. The Morgan fingerprint density at radius 1 is 1.22 bits per heavy atom. The molecule has 0 radical (unpaired) electrons. The van der Waals surface area contributed by atoms with Crippen molar-refractivity contribution in [1.29, 1.82) is 0 Å². The van der Waals surface area contributed by atoms with Gasteiger partial charge in [-0.3, -0.25) is 0 Å². The van der Waals surface area contributed by atoms with Crippen LogP contribution in [0, 0.1) is 0 Å². The summed E-state index contributed by atoms with van der Waals surface area (Å²) in [5, 5.41) is 10.6. The summed E-state index contributed by atoms with van der Waals surface area (Å²) in [7, 11) is -0.324. The summed E-state index contributed by atoms with van der Waals surface area (Å²) in [4.78, 5) is 0. The second-order valence-corrected chi connectivity index (χ2v) is 13.2. The Balaban J connectivity index is 1.97. The van der Waals surface area contributed by atoms with E-state index in [-0.39, 0.29) is 23.9 Å². The lowest BCUT2D eigenvalue weighted by molar-refractivity contribution is -0.229. The Morgan fingerprint density at radius 2 is 1.83 bits per heavy atom. The molecule has 2 unspecified atom stereocenters. The highest BCUT2D eigenvalue weighted by Gasteiger charge is 2.57. The first-order valence-corrected chi connectivity index (χ1v) is 11.1. The highest BCUT2D eigenvalue weighted by molar-refractivity contribution is 6.74. The Kier molecular flexibility index (Phi) is 5.34. The van der Waals surface area contributed by atoms with Crippen LogP contribution in [-0.2, 0) is 23.4 Å². The van der Waals surface area contributed by atoms with Crippen LogP contribution in [-0.4, -0.2) is 63.6 Å². The van der Waals surface area contributed by atoms with E-state index in [2.05, 4.69) is 33.9 Å². The van der Waals surface area contributed by atoms with Gasteiger partial charge in [0.15, 0.2) is 20.4 Å². The average molecular weight is 349 g/mol. The third kappa shape index (κ3) is 3.97. The van der Waals surface area contributed by atoms with E-state index in [9.17, 15) is 5.11 Å². The number of hydrogen-bond donors (Lipinski definition) is 1. The highest BCUT2D eigenvalue weighted by atomic mass is 28.4. The standard InChI is InChI=1S/C16H32O6Si/c1-15(2,3)23(7,8)19-9-10(17)11-12(18-6)13-14(20-11)22-16(4,5)21-13/h10-14,17H,9H2,1-8H3/t10?,11-,12-,13?,14-/m1/s1. The quantitative estimate of drug-likeness (QED) is 0.769. The monoisotopic (exact) mass is 348 g/mol. The molecule has 0 aromatic rings. The number of fused-ring (bicyclic) bond motifs is 1. The van der Waals surface area contributed by atoms with Gasteiger partial charge in [-0.1, -0.05) is 20.8 Å². The van der Waals surface area contributed by atoms with Gasteiger partial charge in [0.25, 0.3) is 0 Å². The van der Waals surface area contributed by atoms with Crippen LogP contribution in [0.5, 0.6) is 0 Å². The van der Waals surface area contributed by atoms with Gasteiger partial charge in [0.1, 0.15) is 24.4 Å². The van der Waals surface area contributed by atoms with Crippen LogP contribution >= 0.6 is 0 Å². The summed E-state index contributed by atoms with van der Waals surface area (Å²) < 4.78 is 29.0. The number of aliphatic hydroxyl groups excluding tert-OH is 1. The van der Waals surface area contributed by atoms with Crippen LogP contribution in [0.25, 0.3) is 0 Å². The van der Waals surface area contributed by atoms with Crippen molar-refractivity contribution in [3.8, 4) is 0 Å². The Labute approximate surface area is 140 Å². The van der Waals surface area contributed by atoms with Crippen molar-refractivity contribution in [2.75, 3.05) is 13.7 Å². The fourth-order valence-electron chi connectivity index (χ4n) is 2.69. The van der Waals surface area contributed by atoms with Crippen molar-refractivity contribution in [2.45, 2.75) is 89.2 Å². The van der Waals surface area contributed by atoms with Gasteiger partial charge >= 0.3 is 0 Å². The van der Waals surface area contributed by atoms with E-state index in [0.29, 0.717) is 0 Å². The van der Waals surface area contributed by atoms with Crippen molar-refractivity contribution >= 4 is 8.32 Å². The SMILES string of the molecule is CO[C@H]1C2OC(C)(C)O[C@H]2O[C@@H]1C(O)CO[Si](C)(C)C(C)(C)C. The highest BCUT2D eigenvalue weighted by Crippen LogP contribution is 2.40. The third-order valence-corrected chi connectivity index (χ3v) is 9.60.